The number of methoxy groups -OCH3 is 1. The lowest BCUT2D eigenvalue weighted by molar-refractivity contribution is -0.142. The van der Waals surface area contributed by atoms with E-state index in [4.69, 9.17) is 27.8 Å². The van der Waals surface area contributed by atoms with Gasteiger partial charge >= 0.3 is 21.2 Å². The Morgan fingerprint density at radius 1 is 0.762 bits per heavy atom. The zero-order valence-electron chi connectivity index (χ0n) is 24.6. The first-order valence-electron chi connectivity index (χ1n) is 13.8. The van der Waals surface area contributed by atoms with E-state index in [1.807, 2.05) is 66.0 Å². The van der Waals surface area contributed by atoms with E-state index >= 15 is 0 Å². The Balaban J connectivity index is 2.44. The molecule has 0 aliphatic carbocycles. The van der Waals surface area contributed by atoms with Gasteiger partial charge in [0, 0.05) is 17.0 Å². The van der Waals surface area contributed by atoms with E-state index in [-0.39, 0.29) is 26.4 Å². The van der Waals surface area contributed by atoms with Gasteiger partial charge in [-0.05, 0) is 50.1 Å². The third kappa shape index (κ3) is 8.14. The Labute approximate surface area is 252 Å². The summed E-state index contributed by atoms with van der Waals surface area (Å²) in [6.07, 6.45) is 0. The molecule has 228 valence electrons. The van der Waals surface area contributed by atoms with Crippen LogP contribution in [0, 0.1) is 0 Å². The van der Waals surface area contributed by atoms with Crippen molar-refractivity contribution in [2.75, 3.05) is 33.5 Å². The number of hydrogen-bond acceptors (Lipinski definition) is 10. The molecule has 2 atom stereocenters. The minimum atomic E-state index is -4.28. The number of carbonyl (C=O) groups is 1. The molecule has 0 saturated carbocycles. The van der Waals surface area contributed by atoms with E-state index in [2.05, 4.69) is 0 Å². The molecule has 9 nitrogen and oxygen atoms in total. The van der Waals surface area contributed by atoms with Gasteiger partial charge in [0.05, 0.1) is 39.2 Å². The van der Waals surface area contributed by atoms with Crippen LogP contribution in [0.25, 0.3) is 0 Å². The second kappa shape index (κ2) is 16.4. The fourth-order valence-electron chi connectivity index (χ4n) is 4.70. The molecule has 0 N–H and O–H groups in total. The number of esters is 1. The van der Waals surface area contributed by atoms with Crippen LogP contribution < -0.4 is 0 Å². The fraction of sp³-hybridized carbons (Fsp3) is 0.400. The SMILES string of the molecule is CCOP(=O)(OCC)C([C@H](c1ccsc1)[C@H](N=C(c1ccccc1)c1ccccc1)C(=O)OC)P(=O)(OCC)OCC. The molecule has 0 unspecified atom stereocenters. The third-order valence-corrected chi connectivity index (χ3v) is 13.1. The maximum absolute atomic E-state index is 14.7. The topological polar surface area (TPSA) is 110 Å². The van der Waals surface area contributed by atoms with Gasteiger partial charge in [0.25, 0.3) is 0 Å². The molecule has 0 aliphatic rings. The lowest BCUT2D eigenvalue weighted by atomic mass is 9.94. The predicted octanol–water partition coefficient (Wildman–Crippen LogP) is 7.77. The summed E-state index contributed by atoms with van der Waals surface area (Å²) in [5, 5.41) is 2.06. The molecular weight excluding hydrogens is 596 g/mol. The maximum Gasteiger partial charge on any atom is 0.346 e. The van der Waals surface area contributed by atoms with Crippen LogP contribution in [0.4, 0.5) is 0 Å². The zero-order valence-corrected chi connectivity index (χ0v) is 27.2. The summed E-state index contributed by atoms with van der Waals surface area (Å²) in [4.78, 5) is 18.8. The van der Waals surface area contributed by atoms with Crippen molar-refractivity contribution >= 4 is 38.2 Å². The summed E-state index contributed by atoms with van der Waals surface area (Å²) in [6.45, 7) is 6.62. The van der Waals surface area contributed by atoms with Gasteiger partial charge in [-0.3, -0.25) is 14.1 Å². The summed E-state index contributed by atoms with van der Waals surface area (Å²) < 4.78 is 57.9. The molecule has 0 bridgehead atoms. The first kappa shape index (κ1) is 34.1. The second-order valence-electron chi connectivity index (χ2n) is 8.92. The molecule has 2 aromatic carbocycles. The van der Waals surface area contributed by atoms with E-state index in [1.54, 1.807) is 39.1 Å². The van der Waals surface area contributed by atoms with Gasteiger partial charge < -0.3 is 22.8 Å². The molecule has 1 aromatic heterocycles. The highest BCUT2D eigenvalue weighted by atomic mass is 32.1. The number of aliphatic imine (C=N–C) groups is 1. The number of nitrogens with zero attached hydrogens (tertiary/aromatic N) is 1. The molecular formula is C30H39NO8P2S. The Bertz CT molecular complexity index is 1280. The van der Waals surface area contributed by atoms with Crippen molar-refractivity contribution in [1.29, 1.82) is 0 Å². The normalized spacial score (nSPS) is 13.5. The highest BCUT2D eigenvalue weighted by molar-refractivity contribution is 7.72. The molecule has 3 rings (SSSR count). The number of carbonyl (C=O) groups excluding carboxylic acids is 1. The summed E-state index contributed by atoms with van der Waals surface area (Å²) in [7, 11) is -7.31. The van der Waals surface area contributed by atoms with Gasteiger partial charge in [0.2, 0.25) is 0 Å². The lowest BCUT2D eigenvalue weighted by Gasteiger charge is -2.37. The molecule has 12 heteroatoms. The van der Waals surface area contributed by atoms with Crippen LogP contribution in [-0.2, 0) is 36.8 Å². The van der Waals surface area contributed by atoms with Crippen LogP contribution in [0.15, 0.2) is 82.5 Å². The summed E-state index contributed by atoms with van der Waals surface area (Å²) >= 11 is 1.37. The van der Waals surface area contributed by atoms with Crippen molar-refractivity contribution in [2.45, 2.75) is 45.1 Å². The molecule has 0 aliphatic heterocycles. The number of ether oxygens (including phenoxy) is 1. The maximum atomic E-state index is 14.7. The van der Waals surface area contributed by atoms with Crippen molar-refractivity contribution in [3.8, 4) is 0 Å². The van der Waals surface area contributed by atoms with Gasteiger partial charge in [-0.15, -0.1) is 0 Å². The van der Waals surface area contributed by atoms with Crippen LogP contribution in [0.2, 0.25) is 0 Å². The summed E-state index contributed by atoms with van der Waals surface area (Å²) in [5.74, 6) is -1.86. The minimum absolute atomic E-state index is 0.00613. The van der Waals surface area contributed by atoms with Crippen molar-refractivity contribution in [3.63, 3.8) is 0 Å². The first-order valence-corrected chi connectivity index (χ1v) is 18.0. The number of rotatable bonds is 17. The van der Waals surface area contributed by atoms with Crippen LogP contribution >= 0.6 is 26.5 Å². The average molecular weight is 636 g/mol. The van der Waals surface area contributed by atoms with E-state index < -0.39 is 38.5 Å². The van der Waals surface area contributed by atoms with E-state index in [1.165, 1.54) is 18.4 Å². The lowest BCUT2D eigenvalue weighted by Crippen LogP contribution is -2.37. The summed E-state index contributed by atoms with van der Waals surface area (Å²) in [5.41, 5.74) is 2.53. The van der Waals surface area contributed by atoms with Gasteiger partial charge in [0.15, 0.2) is 11.4 Å². The Kier molecular flexibility index (Phi) is 13.3. The molecule has 0 fully saturated rings. The molecule has 1 heterocycles. The summed E-state index contributed by atoms with van der Waals surface area (Å²) in [6, 6.07) is 19.2. The largest absolute Gasteiger partial charge is 0.467 e. The minimum Gasteiger partial charge on any atom is -0.467 e. The van der Waals surface area contributed by atoms with Gasteiger partial charge in [-0.2, -0.15) is 11.3 Å². The third-order valence-electron chi connectivity index (χ3n) is 6.28. The highest BCUT2D eigenvalue weighted by Gasteiger charge is 2.58. The molecule has 42 heavy (non-hydrogen) atoms. The quantitative estimate of drug-likeness (QED) is 0.0841. The zero-order chi connectivity index (χ0) is 30.6. The van der Waals surface area contributed by atoms with E-state index in [0.717, 1.165) is 11.1 Å². The van der Waals surface area contributed by atoms with Crippen LogP contribution in [0.5, 0.6) is 0 Å². The van der Waals surface area contributed by atoms with Gasteiger partial charge in [-0.1, -0.05) is 60.7 Å². The standard InChI is InChI=1S/C30H39NO8P2S/c1-6-36-40(33,37-7-2)30(41(34,38-8-3)39-9-4)26(25-20-21-42-22-25)28(29(32)35-5)31-27(23-16-12-10-13-17-23)24-18-14-11-15-19-24/h10-22,26,28,30H,6-9H2,1-5H3/t26-,28+/m1/s1. The molecule has 0 radical (unpaired) electrons. The smallest absolute Gasteiger partial charge is 0.346 e. The van der Waals surface area contributed by atoms with E-state index in [0.29, 0.717) is 11.3 Å². The number of benzene rings is 2. The van der Waals surface area contributed by atoms with Crippen molar-refractivity contribution in [3.05, 3.63) is 94.2 Å². The monoisotopic (exact) mass is 635 g/mol. The highest BCUT2D eigenvalue weighted by Crippen LogP contribution is 2.74. The van der Waals surface area contributed by atoms with Gasteiger partial charge in [0.1, 0.15) is 0 Å². The van der Waals surface area contributed by atoms with Crippen molar-refractivity contribution in [1.82, 2.24) is 0 Å². The molecule has 0 amide bonds. The molecule has 3 aromatic rings. The Morgan fingerprint density at radius 2 is 1.21 bits per heavy atom. The predicted molar refractivity (Wildman–Crippen MR) is 167 cm³/mol. The Morgan fingerprint density at radius 3 is 1.57 bits per heavy atom. The first-order chi connectivity index (χ1) is 20.3. The number of thiophene rings is 1. The molecule has 0 saturated heterocycles. The van der Waals surface area contributed by atoms with Gasteiger partial charge in [-0.25, -0.2) is 4.79 Å². The van der Waals surface area contributed by atoms with Crippen LogP contribution in [0.3, 0.4) is 0 Å². The fourth-order valence-corrected chi connectivity index (χ4v) is 11.2. The molecule has 0 spiro atoms. The van der Waals surface area contributed by atoms with Crippen molar-refractivity contribution < 1.29 is 36.8 Å². The Hall–Kier alpha value is -2.42. The van der Waals surface area contributed by atoms with Crippen LogP contribution in [0.1, 0.15) is 50.3 Å². The average Bonchev–Trinajstić information content (AvgIpc) is 3.52. The number of hydrogen-bond donors (Lipinski definition) is 0. The second-order valence-corrected chi connectivity index (χ2v) is 14.4. The van der Waals surface area contributed by atoms with E-state index in [9.17, 15) is 13.9 Å². The van der Waals surface area contributed by atoms with Crippen LogP contribution in [-0.4, -0.2) is 56.7 Å². The van der Waals surface area contributed by atoms with Crippen molar-refractivity contribution in [2.24, 2.45) is 4.99 Å².